The Morgan fingerprint density at radius 1 is 1.64 bits per heavy atom. The fourth-order valence-corrected chi connectivity index (χ4v) is 0.579. The van der Waals surface area contributed by atoms with E-state index >= 15 is 0 Å². The molecule has 4 nitrogen and oxygen atoms in total. The molecule has 0 aromatic rings. The monoisotopic (exact) mass is 160 g/mol. The SMILES string of the molecule is CC(C)(CNCCN)C(=O)O. The smallest absolute Gasteiger partial charge is 0.310 e. The van der Waals surface area contributed by atoms with Gasteiger partial charge in [-0.1, -0.05) is 0 Å². The number of carboxylic acids is 1. The maximum Gasteiger partial charge on any atom is 0.310 e. The van der Waals surface area contributed by atoms with E-state index in [1.54, 1.807) is 13.8 Å². The average molecular weight is 160 g/mol. The maximum atomic E-state index is 10.5. The van der Waals surface area contributed by atoms with Gasteiger partial charge >= 0.3 is 5.97 Å². The molecule has 0 bridgehead atoms. The molecule has 0 radical (unpaired) electrons. The van der Waals surface area contributed by atoms with Gasteiger partial charge < -0.3 is 16.2 Å². The third kappa shape index (κ3) is 3.95. The number of hydrogen-bond donors (Lipinski definition) is 3. The Balaban J connectivity index is 3.64. The zero-order chi connectivity index (χ0) is 8.91. The topological polar surface area (TPSA) is 75.3 Å². The van der Waals surface area contributed by atoms with E-state index in [2.05, 4.69) is 5.32 Å². The van der Waals surface area contributed by atoms with Crippen LogP contribution in [0.5, 0.6) is 0 Å². The summed E-state index contributed by atoms with van der Waals surface area (Å²) in [7, 11) is 0. The van der Waals surface area contributed by atoms with Crippen molar-refractivity contribution in [2.24, 2.45) is 11.1 Å². The molecule has 0 aliphatic carbocycles. The van der Waals surface area contributed by atoms with E-state index in [-0.39, 0.29) is 0 Å². The molecular weight excluding hydrogens is 144 g/mol. The molecule has 11 heavy (non-hydrogen) atoms. The first-order valence-corrected chi connectivity index (χ1v) is 3.65. The van der Waals surface area contributed by atoms with Crippen molar-refractivity contribution in [1.82, 2.24) is 5.32 Å². The van der Waals surface area contributed by atoms with E-state index < -0.39 is 11.4 Å². The van der Waals surface area contributed by atoms with Gasteiger partial charge in [0.1, 0.15) is 0 Å². The highest BCUT2D eigenvalue weighted by molar-refractivity contribution is 5.73. The summed E-state index contributed by atoms with van der Waals surface area (Å²) in [5.74, 6) is -0.790. The Morgan fingerprint density at radius 3 is 2.55 bits per heavy atom. The van der Waals surface area contributed by atoms with Crippen molar-refractivity contribution >= 4 is 5.97 Å². The largest absolute Gasteiger partial charge is 0.481 e. The molecule has 0 fully saturated rings. The summed E-state index contributed by atoms with van der Waals surface area (Å²) in [5, 5.41) is 11.6. The van der Waals surface area contributed by atoms with Crippen LogP contribution in [0.4, 0.5) is 0 Å². The van der Waals surface area contributed by atoms with E-state index in [9.17, 15) is 4.79 Å². The fraction of sp³-hybridized carbons (Fsp3) is 0.857. The summed E-state index contributed by atoms with van der Waals surface area (Å²) >= 11 is 0. The number of nitrogens with one attached hydrogen (secondary N) is 1. The molecule has 66 valence electrons. The Morgan fingerprint density at radius 2 is 2.18 bits per heavy atom. The third-order valence-corrected chi connectivity index (χ3v) is 1.47. The quantitative estimate of drug-likeness (QED) is 0.480. The number of nitrogens with two attached hydrogens (primary N) is 1. The second-order valence-corrected chi connectivity index (χ2v) is 3.15. The number of carbonyl (C=O) groups is 1. The van der Waals surface area contributed by atoms with Gasteiger partial charge in [0.15, 0.2) is 0 Å². The molecule has 0 rings (SSSR count). The zero-order valence-corrected chi connectivity index (χ0v) is 7.05. The van der Waals surface area contributed by atoms with Crippen LogP contribution in [0.3, 0.4) is 0 Å². The first-order valence-electron chi connectivity index (χ1n) is 3.65. The van der Waals surface area contributed by atoms with E-state index in [4.69, 9.17) is 10.8 Å². The Kier molecular flexibility index (Phi) is 4.07. The van der Waals surface area contributed by atoms with Gasteiger partial charge in [-0.25, -0.2) is 0 Å². The zero-order valence-electron chi connectivity index (χ0n) is 7.05. The molecule has 0 amide bonds. The van der Waals surface area contributed by atoms with Crippen molar-refractivity contribution in [2.45, 2.75) is 13.8 Å². The first-order chi connectivity index (χ1) is 5.00. The van der Waals surface area contributed by atoms with Gasteiger partial charge in [0.05, 0.1) is 5.41 Å². The molecule has 4 N–H and O–H groups in total. The summed E-state index contributed by atoms with van der Waals surface area (Å²) in [6, 6.07) is 0. The van der Waals surface area contributed by atoms with E-state index in [0.717, 1.165) is 0 Å². The van der Waals surface area contributed by atoms with Crippen molar-refractivity contribution < 1.29 is 9.90 Å². The summed E-state index contributed by atoms with van der Waals surface area (Å²) in [4.78, 5) is 10.5. The summed E-state index contributed by atoms with van der Waals surface area (Å²) in [5.41, 5.74) is 4.52. The molecule has 4 heteroatoms. The minimum Gasteiger partial charge on any atom is -0.481 e. The molecule has 0 saturated carbocycles. The standard InChI is InChI=1S/C7H16N2O2/c1-7(2,6(10)11)5-9-4-3-8/h9H,3-5,8H2,1-2H3,(H,10,11). The molecule has 0 aliphatic heterocycles. The highest BCUT2D eigenvalue weighted by Crippen LogP contribution is 2.12. The normalized spacial score (nSPS) is 11.5. The lowest BCUT2D eigenvalue weighted by Crippen LogP contribution is -2.37. The first kappa shape index (κ1) is 10.4. The number of aliphatic carboxylic acids is 1. The second-order valence-electron chi connectivity index (χ2n) is 3.15. The molecule has 0 saturated heterocycles. The Labute approximate surface area is 66.8 Å². The van der Waals surface area contributed by atoms with Crippen LogP contribution < -0.4 is 11.1 Å². The van der Waals surface area contributed by atoms with Crippen LogP contribution in [-0.2, 0) is 4.79 Å². The minimum absolute atomic E-state index is 0.458. The van der Waals surface area contributed by atoms with Gasteiger partial charge in [-0.2, -0.15) is 0 Å². The molecule has 0 heterocycles. The van der Waals surface area contributed by atoms with Crippen LogP contribution in [-0.4, -0.2) is 30.7 Å². The van der Waals surface area contributed by atoms with E-state index in [0.29, 0.717) is 19.6 Å². The predicted octanol–water partition coefficient (Wildman–Crippen LogP) is -0.354. The van der Waals surface area contributed by atoms with E-state index in [1.165, 1.54) is 0 Å². The molecule has 0 aliphatic rings. The lowest BCUT2D eigenvalue weighted by atomic mass is 9.94. The van der Waals surface area contributed by atoms with Crippen LogP contribution in [0, 0.1) is 5.41 Å². The molecule has 0 spiro atoms. The lowest BCUT2D eigenvalue weighted by molar-refractivity contribution is -0.146. The highest BCUT2D eigenvalue weighted by atomic mass is 16.4. The fourth-order valence-electron chi connectivity index (χ4n) is 0.579. The minimum atomic E-state index is -0.790. The van der Waals surface area contributed by atoms with E-state index in [1.807, 2.05) is 0 Å². The van der Waals surface area contributed by atoms with Crippen molar-refractivity contribution in [3.05, 3.63) is 0 Å². The Bertz CT molecular complexity index is 134. The van der Waals surface area contributed by atoms with Crippen LogP contribution >= 0.6 is 0 Å². The summed E-state index contributed by atoms with van der Waals surface area (Å²) in [6.45, 7) is 5.02. The van der Waals surface area contributed by atoms with Gasteiger partial charge in [-0.3, -0.25) is 4.79 Å². The van der Waals surface area contributed by atoms with Gasteiger partial charge in [0.25, 0.3) is 0 Å². The van der Waals surface area contributed by atoms with Crippen LogP contribution in [0.25, 0.3) is 0 Å². The number of carboxylic acid groups (broad SMARTS) is 1. The highest BCUT2D eigenvalue weighted by Gasteiger charge is 2.25. The van der Waals surface area contributed by atoms with Gasteiger partial charge in [-0.15, -0.1) is 0 Å². The molecule has 0 atom stereocenters. The average Bonchev–Trinajstić information content (AvgIpc) is 1.88. The van der Waals surface area contributed by atoms with Gasteiger partial charge in [-0.05, 0) is 13.8 Å². The Hall–Kier alpha value is -0.610. The van der Waals surface area contributed by atoms with Gasteiger partial charge in [0, 0.05) is 19.6 Å². The number of rotatable bonds is 5. The van der Waals surface area contributed by atoms with Crippen molar-refractivity contribution in [3.63, 3.8) is 0 Å². The van der Waals surface area contributed by atoms with Crippen molar-refractivity contribution in [3.8, 4) is 0 Å². The van der Waals surface area contributed by atoms with Crippen molar-refractivity contribution in [1.29, 1.82) is 0 Å². The molecule has 0 aromatic heterocycles. The second kappa shape index (κ2) is 4.31. The van der Waals surface area contributed by atoms with Crippen LogP contribution in [0.15, 0.2) is 0 Å². The maximum absolute atomic E-state index is 10.5. The predicted molar refractivity (Wildman–Crippen MR) is 43.3 cm³/mol. The number of hydrogen-bond acceptors (Lipinski definition) is 3. The molecule has 0 unspecified atom stereocenters. The molecular formula is C7H16N2O2. The lowest BCUT2D eigenvalue weighted by Gasteiger charge is -2.18. The third-order valence-electron chi connectivity index (χ3n) is 1.47. The van der Waals surface area contributed by atoms with Crippen molar-refractivity contribution in [2.75, 3.05) is 19.6 Å². The van der Waals surface area contributed by atoms with Crippen LogP contribution in [0.1, 0.15) is 13.8 Å². The summed E-state index contributed by atoms with van der Waals surface area (Å²) in [6.07, 6.45) is 0. The molecule has 0 aromatic carbocycles. The van der Waals surface area contributed by atoms with Crippen LogP contribution in [0.2, 0.25) is 0 Å². The van der Waals surface area contributed by atoms with Gasteiger partial charge in [0.2, 0.25) is 0 Å². The summed E-state index contributed by atoms with van der Waals surface area (Å²) < 4.78 is 0.